The molecule has 5 heteroatoms. The monoisotopic (exact) mass is 256 g/mol. The minimum Gasteiger partial charge on any atom is -0.409 e. The van der Waals surface area contributed by atoms with Crippen molar-refractivity contribution in [2.24, 2.45) is 16.8 Å². The van der Waals surface area contributed by atoms with Crippen LogP contribution in [0.5, 0.6) is 0 Å². The summed E-state index contributed by atoms with van der Waals surface area (Å²) in [5.74, 6) is 1.04. The molecule has 1 heterocycles. The summed E-state index contributed by atoms with van der Waals surface area (Å²) in [4.78, 5) is 2.52. The maximum Gasteiger partial charge on any atom is 0.140 e. The van der Waals surface area contributed by atoms with Gasteiger partial charge < -0.3 is 21.2 Å². The van der Waals surface area contributed by atoms with Gasteiger partial charge in [0, 0.05) is 25.0 Å². The van der Waals surface area contributed by atoms with E-state index in [0.29, 0.717) is 24.3 Å². The van der Waals surface area contributed by atoms with Crippen LogP contribution in [0, 0.1) is 5.92 Å². The van der Waals surface area contributed by atoms with Gasteiger partial charge in [0.2, 0.25) is 0 Å². The van der Waals surface area contributed by atoms with E-state index in [1.807, 2.05) is 0 Å². The number of rotatable bonds is 7. The summed E-state index contributed by atoms with van der Waals surface area (Å²) in [6, 6.07) is 0.961. The summed E-state index contributed by atoms with van der Waals surface area (Å²) in [7, 11) is 0. The number of likely N-dealkylation sites (tertiary alicyclic amines) is 1. The standard InChI is InChI=1S/C13H28N4O/c1-4-12(7-13(14)16-18)15-8-11-5-6-17(9-11)10(2)3/h10-12,15,18H,4-9H2,1-3H3,(H2,14,16). The van der Waals surface area contributed by atoms with Crippen molar-refractivity contribution in [2.45, 2.75) is 52.1 Å². The van der Waals surface area contributed by atoms with Crippen molar-refractivity contribution in [2.75, 3.05) is 19.6 Å². The van der Waals surface area contributed by atoms with Gasteiger partial charge in [0.05, 0.1) is 0 Å². The van der Waals surface area contributed by atoms with E-state index in [1.165, 1.54) is 19.5 Å². The lowest BCUT2D eigenvalue weighted by atomic mass is 10.1. The van der Waals surface area contributed by atoms with Crippen molar-refractivity contribution in [1.29, 1.82) is 0 Å². The number of oxime groups is 1. The summed E-state index contributed by atoms with van der Waals surface area (Å²) in [5.41, 5.74) is 5.55. The maximum absolute atomic E-state index is 8.58. The number of amidine groups is 1. The van der Waals surface area contributed by atoms with Crippen molar-refractivity contribution >= 4 is 5.84 Å². The molecule has 0 amide bonds. The Bertz CT molecular complexity index is 268. The lowest BCUT2D eigenvalue weighted by Crippen LogP contribution is -2.37. The van der Waals surface area contributed by atoms with Crippen LogP contribution in [0.15, 0.2) is 5.16 Å². The second-order valence-corrected chi connectivity index (χ2v) is 5.55. The molecule has 0 bridgehead atoms. The Morgan fingerprint density at radius 2 is 2.28 bits per heavy atom. The maximum atomic E-state index is 8.58. The molecule has 0 aromatic rings. The van der Waals surface area contributed by atoms with Gasteiger partial charge in [-0.25, -0.2) is 0 Å². The number of nitrogens with one attached hydrogen (secondary N) is 1. The average molecular weight is 256 g/mol. The molecule has 0 aromatic heterocycles. The first-order valence-electron chi connectivity index (χ1n) is 7.00. The molecule has 0 aliphatic carbocycles. The molecule has 1 aliphatic heterocycles. The molecule has 18 heavy (non-hydrogen) atoms. The van der Waals surface area contributed by atoms with Gasteiger partial charge in [-0.3, -0.25) is 0 Å². The van der Waals surface area contributed by atoms with Gasteiger partial charge >= 0.3 is 0 Å². The van der Waals surface area contributed by atoms with E-state index in [4.69, 9.17) is 10.9 Å². The summed E-state index contributed by atoms with van der Waals surface area (Å²) >= 11 is 0. The molecule has 4 N–H and O–H groups in total. The van der Waals surface area contributed by atoms with Gasteiger partial charge in [0.15, 0.2) is 0 Å². The number of hydrogen-bond donors (Lipinski definition) is 3. The van der Waals surface area contributed by atoms with Crippen molar-refractivity contribution in [3.8, 4) is 0 Å². The van der Waals surface area contributed by atoms with Gasteiger partial charge in [-0.05, 0) is 45.7 Å². The van der Waals surface area contributed by atoms with Gasteiger partial charge in [0.1, 0.15) is 5.84 Å². The van der Waals surface area contributed by atoms with E-state index in [-0.39, 0.29) is 0 Å². The highest BCUT2D eigenvalue weighted by molar-refractivity contribution is 5.80. The van der Waals surface area contributed by atoms with Crippen LogP contribution in [0.25, 0.3) is 0 Å². The first-order chi connectivity index (χ1) is 8.56. The number of hydrogen-bond acceptors (Lipinski definition) is 4. The van der Waals surface area contributed by atoms with Gasteiger partial charge in [-0.15, -0.1) is 0 Å². The van der Waals surface area contributed by atoms with Crippen molar-refractivity contribution < 1.29 is 5.21 Å². The van der Waals surface area contributed by atoms with Crippen LogP contribution in [0.2, 0.25) is 0 Å². The fraction of sp³-hybridized carbons (Fsp3) is 0.923. The zero-order chi connectivity index (χ0) is 13.5. The van der Waals surface area contributed by atoms with Gasteiger partial charge in [0.25, 0.3) is 0 Å². The largest absolute Gasteiger partial charge is 0.409 e. The smallest absolute Gasteiger partial charge is 0.140 e. The lowest BCUT2D eigenvalue weighted by molar-refractivity contribution is 0.262. The highest BCUT2D eigenvalue weighted by Crippen LogP contribution is 2.18. The quantitative estimate of drug-likeness (QED) is 0.277. The zero-order valence-electron chi connectivity index (χ0n) is 11.9. The molecule has 1 aliphatic rings. The minimum atomic E-state index is 0.310. The molecule has 0 radical (unpaired) electrons. The van der Waals surface area contributed by atoms with Crippen LogP contribution in [0.4, 0.5) is 0 Å². The molecule has 0 saturated carbocycles. The van der Waals surface area contributed by atoms with Crippen LogP contribution in [0.1, 0.15) is 40.0 Å². The van der Waals surface area contributed by atoms with Gasteiger partial charge in [-0.2, -0.15) is 0 Å². The molecule has 2 atom stereocenters. The van der Waals surface area contributed by atoms with Crippen LogP contribution in [0.3, 0.4) is 0 Å². The van der Waals surface area contributed by atoms with Crippen molar-refractivity contribution in [1.82, 2.24) is 10.2 Å². The first-order valence-corrected chi connectivity index (χ1v) is 7.00. The highest BCUT2D eigenvalue weighted by Gasteiger charge is 2.24. The van der Waals surface area contributed by atoms with E-state index in [0.717, 1.165) is 18.9 Å². The normalized spacial score (nSPS) is 23.8. The molecule has 1 fully saturated rings. The van der Waals surface area contributed by atoms with E-state index in [2.05, 4.69) is 36.1 Å². The average Bonchev–Trinajstić information content (AvgIpc) is 2.83. The predicted molar refractivity (Wildman–Crippen MR) is 74.9 cm³/mol. The molecule has 0 spiro atoms. The zero-order valence-corrected chi connectivity index (χ0v) is 11.9. The Kier molecular flexibility index (Phi) is 6.43. The van der Waals surface area contributed by atoms with Crippen LogP contribution in [-0.4, -0.2) is 47.7 Å². The first kappa shape index (κ1) is 15.2. The summed E-state index contributed by atoms with van der Waals surface area (Å²) in [6.07, 6.45) is 2.88. The number of nitrogens with two attached hydrogens (primary N) is 1. The van der Waals surface area contributed by atoms with Crippen molar-refractivity contribution in [3.05, 3.63) is 0 Å². The van der Waals surface area contributed by atoms with E-state index >= 15 is 0 Å². The molecule has 2 unspecified atom stereocenters. The summed E-state index contributed by atoms with van der Waals surface area (Å²) < 4.78 is 0. The topological polar surface area (TPSA) is 73.9 Å². The van der Waals surface area contributed by atoms with Gasteiger partial charge in [-0.1, -0.05) is 12.1 Å². The molecule has 1 rings (SSSR count). The SMILES string of the molecule is CCC(CC(N)=NO)NCC1CCN(C(C)C)C1. The van der Waals surface area contributed by atoms with Crippen LogP contribution < -0.4 is 11.1 Å². The Morgan fingerprint density at radius 3 is 2.78 bits per heavy atom. The molecule has 1 saturated heterocycles. The molecule has 5 nitrogen and oxygen atoms in total. The summed E-state index contributed by atoms with van der Waals surface area (Å²) in [6.45, 7) is 10.1. The van der Waals surface area contributed by atoms with Crippen LogP contribution >= 0.6 is 0 Å². The third kappa shape index (κ3) is 4.82. The van der Waals surface area contributed by atoms with E-state index in [9.17, 15) is 0 Å². The number of nitrogens with zero attached hydrogens (tertiary/aromatic N) is 2. The molecular formula is C13H28N4O. The third-order valence-corrected chi connectivity index (χ3v) is 3.82. The minimum absolute atomic E-state index is 0.310. The van der Waals surface area contributed by atoms with Crippen LogP contribution in [-0.2, 0) is 0 Å². The van der Waals surface area contributed by atoms with E-state index < -0.39 is 0 Å². The second kappa shape index (κ2) is 7.59. The van der Waals surface area contributed by atoms with E-state index in [1.54, 1.807) is 0 Å². The molecular weight excluding hydrogens is 228 g/mol. The predicted octanol–water partition coefficient (Wildman–Crippen LogP) is 1.22. The molecule has 0 aromatic carbocycles. The van der Waals surface area contributed by atoms with Crippen molar-refractivity contribution in [3.63, 3.8) is 0 Å². The fourth-order valence-corrected chi connectivity index (χ4v) is 2.49. The molecule has 106 valence electrons. The highest BCUT2D eigenvalue weighted by atomic mass is 16.4. The summed E-state index contributed by atoms with van der Waals surface area (Å²) in [5, 5.41) is 15.2. The third-order valence-electron chi connectivity index (χ3n) is 3.82. The second-order valence-electron chi connectivity index (χ2n) is 5.55. The Labute approximate surface area is 110 Å². The Balaban J connectivity index is 2.27. The Morgan fingerprint density at radius 1 is 1.56 bits per heavy atom. The Hall–Kier alpha value is -0.810. The fourth-order valence-electron chi connectivity index (χ4n) is 2.49. The lowest BCUT2D eigenvalue weighted by Gasteiger charge is -2.22.